The standard InChI is InChI=1S/C18H25FN2O3/c1-3-11-24-15-5-4-9-21(10-8-15)18(23)16-12-14(20-13(2)22)6-7-17(16)19/h6-7,12,15H,3-5,8-11H2,1-2H3,(H,20,22)/t15-/m1/s1. The van der Waals surface area contributed by atoms with Gasteiger partial charge < -0.3 is 15.0 Å². The molecule has 1 aliphatic rings. The average molecular weight is 336 g/mol. The number of anilines is 1. The number of halogens is 1. The van der Waals surface area contributed by atoms with Gasteiger partial charge in [0.15, 0.2) is 0 Å². The average Bonchev–Trinajstić information content (AvgIpc) is 2.79. The van der Waals surface area contributed by atoms with Gasteiger partial charge in [-0.3, -0.25) is 9.59 Å². The lowest BCUT2D eigenvalue weighted by Crippen LogP contribution is -2.33. The van der Waals surface area contributed by atoms with Gasteiger partial charge in [-0.1, -0.05) is 6.92 Å². The largest absolute Gasteiger partial charge is 0.378 e. The summed E-state index contributed by atoms with van der Waals surface area (Å²) in [6, 6.07) is 4.06. The summed E-state index contributed by atoms with van der Waals surface area (Å²) in [4.78, 5) is 25.5. The molecule has 0 aromatic heterocycles. The van der Waals surface area contributed by atoms with Crippen LogP contribution in [-0.4, -0.2) is 42.5 Å². The van der Waals surface area contributed by atoms with Crippen molar-refractivity contribution in [3.8, 4) is 0 Å². The van der Waals surface area contributed by atoms with E-state index in [2.05, 4.69) is 12.2 Å². The molecule has 0 spiro atoms. The summed E-state index contributed by atoms with van der Waals surface area (Å²) >= 11 is 0. The van der Waals surface area contributed by atoms with Crippen LogP contribution in [0.3, 0.4) is 0 Å². The van der Waals surface area contributed by atoms with E-state index in [-0.39, 0.29) is 23.5 Å². The van der Waals surface area contributed by atoms with Gasteiger partial charge in [0.1, 0.15) is 5.82 Å². The minimum Gasteiger partial charge on any atom is -0.378 e. The lowest BCUT2D eigenvalue weighted by atomic mass is 10.1. The van der Waals surface area contributed by atoms with E-state index in [0.717, 1.165) is 32.3 Å². The van der Waals surface area contributed by atoms with E-state index in [9.17, 15) is 14.0 Å². The first kappa shape index (κ1) is 18.4. The fraction of sp³-hybridized carbons (Fsp3) is 0.556. The summed E-state index contributed by atoms with van der Waals surface area (Å²) < 4.78 is 19.8. The van der Waals surface area contributed by atoms with Crippen molar-refractivity contribution in [1.29, 1.82) is 0 Å². The molecule has 1 aliphatic heterocycles. The third-order valence-corrected chi connectivity index (χ3v) is 4.04. The summed E-state index contributed by atoms with van der Waals surface area (Å²) in [5, 5.41) is 2.58. The van der Waals surface area contributed by atoms with Crippen molar-refractivity contribution in [2.45, 2.75) is 45.6 Å². The minimum absolute atomic E-state index is 0.00539. The zero-order valence-corrected chi connectivity index (χ0v) is 14.3. The van der Waals surface area contributed by atoms with Gasteiger partial charge in [0.05, 0.1) is 11.7 Å². The van der Waals surface area contributed by atoms with Crippen LogP contribution < -0.4 is 5.32 Å². The molecular weight excluding hydrogens is 311 g/mol. The van der Waals surface area contributed by atoms with E-state index in [0.29, 0.717) is 18.8 Å². The number of amides is 2. The molecule has 1 N–H and O–H groups in total. The van der Waals surface area contributed by atoms with Crippen LogP contribution in [0, 0.1) is 5.82 Å². The number of rotatable bonds is 5. The fourth-order valence-electron chi connectivity index (χ4n) is 2.86. The molecule has 2 rings (SSSR count). The van der Waals surface area contributed by atoms with Crippen molar-refractivity contribution < 1.29 is 18.7 Å². The first-order valence-corrected chi connectivity index (χ1v) is 8.49. The number of likely N-dealkylation sites (tertiary alicyclic amines) is 1. The van der Waals surface area contributed by atoms with Crippen molar-refractivity contribution in [1.82, 2.24) is 4.90 Å². The highest BCUT2D eigenvalue weighted by Gasteiger charge is 2.24. The van der Waals surface area contributed by atoms with Gasteiger partial charge in [0, 0.05) is 32.3 Å². The SMILES string of the molecule is CCCO[C@@H]1CCCN(C(=O)c2cc(NC(C)=O)ccc2F)CC1. The second kappa shape index (κ2) is 8.78. The number of benzene rings is 1. The lowest BCUT2D eigenvalue weighted by Gasteiger charge is -2.21. The Morgan fingerprint density at radius 2 is 2.12 bits per heavy atom. The molecule has 24 heavy (non-hydrogen) atoms. The van der Waals surface area contributed by atoms with Crippen LogP contribution in [-0.2, 0) is 9.53 Å². The summed E-state index contributed by atoms with van der Waals surface area (Å²) in [5.41, 5.74) is 0.417. The molecule has 1 saturated heterocycles. The van der Waals surface area contributed by atoms with Gasteiger partial charge >= 0.3 is 0 Å². The number of nitrogens with one attached hydrogen (secondary N) is 1. The van der Waals surface area contributed by atoms with Crippen molar-refractivity contribution in [2.24, 2.45) is 0 Å². The molecule has 1 aromatic carbocycles. The Kier molecular flexibility index (Phi) is 6.73. The van der Waals surface area contributed by atoms with E-state index in [1.54, 1.807) is 4.90 Å². The van der Waals surface area contributed by atoms with Crippen molar-refractivity contribution >= 4 is 17.5 Å². The first-order chi connectivity index (χ1) is 11.5. The molecule has 0 bridgehead atoms. The Labute approximate surface area is 142 Å². The molecule has 1 fully saturated rings. The summed E-state index contributed by atoms with van der Waals surface area (Å²) in [7, 11) is 0. The molecule has 0 aliphatic carbocycles. The third-order valence-electron chi connectivity index (χ3n) is 4.04. The highest BCUT2D eigenvalue weighted by atomic mass is 19.1. The van der Waals surface area contributed by atoms with Crippen LogP contribution in [0.1, 0.15) is 49.9 Å². The molecule has 1 heterocycles. The predicted octanol–water partition coefficient (Wildman–Crippen LogP) is 3.21. The maximum absolute atomic E-state index is 14.1. The maximum atomic E-state index is 14.1. The Morgan fingerprint density at radius 3 is 2.83 bits per heavy atom. The van der Waals surface area contributed by atoms with E-state index in [1.807, 2.05) is 0 Å². The normalized spacial score (nSPS) is 18.1. The second-order valence-electron chi connectivity index (χ2n) is 6.09. The van der Waals surface area contributed by atoms with Gasteiger partial charge in [-0.05, 0) is 43.9 Å². The second-order valence-corrected chi connectivity index (χ2v) is 6.09. The maximum Gasteiger partial charge on any atom is 0.256 e. The molecular formula is C18H25FN2O3. The monoisotopic (exact) mass is 336 g/mol. The Hall–Kier alpha value is -1.95. The number of ether oxygens (including phenoxy) is 1. The molecule has 2 amide bonds. The predicted molar refractivity (Wildman–Crippen MR) is 90.5 cm³/mol. The Morgan fingerprint density at radius 1 is 1.33 bits per heavy atom. The smallest absolute Gasteiger partial charge is 0.256 e. The first-order valence-electron chi connectivity index (χ1n) is 8.49. The number of carbonyl (C=O) groups excluding carboxylic acids is 2. The zero-order valence-electron chi connectivity index (χ0n) is 14.3. The quantitative estimate of drug-likeness (QED) is 0.898. The van der Waals surface area contributed by atoms with E-state index in [4.69, 9.17) is 4.74 Å². The van der Waals surface area contributed by atoms with Crippen LogP contribution >= 0.6 is 0 Å². The van der Waals surface area contributed by atoms with E-state index < -0.39 is 5.82 Å². The summed E-state index contributed by atoms with van der Waals surface area (Å²) in [6.45, 7) is 5.31. The van der Waals surface area contributed by atoms with Crippen LogP contribution in [0.2, 0.25) is 0 Å². The molecule has 5 nitrogen and oxygen atoms in total. The van der Waals surface area contributed by atoms with Crippen LogP contribution in [0.5, 0.6) is 0 Å². The molecule has 1 aromatic rings. The number of nitrogens with zero attached hydrogens (tertiary/aromatic N) is 1. The topological polar surface area (TPSA) is 58.6 Å². The van der Waals surface area contributed by atoms with E-state index in [1.165, 1.54) is 25.1 Å². The van der Waals surface area contributed by atoms with Gasteiger partial charge in [-0.25, -0.2) is 4.39 Å². The van der Waals surface area contributed by atoms with Gasteiger partial charge in [-0.15, -0.1) is 0 Å². The fourth-order valence-corrected chi connectivity index (χ4v) is 2.86. The lowest BCUT2D eigenvalue weighted by molar-refractivity contribution is -0.114. The summed E-state index contributed by atoms with van der Waals surface area (Å²) in [5.74, 6) is -1.17. The van der Waals surface area contributed by atoms with Crippen LogP contribution in [0.4, 0.5) is 10.1 Å². The number of hydrogen-bond acceptors (Lipinski definition) is 3. The molecule has 132 valence electrons. The van der Waals surface area contributed by atoms with Gasteiger partial charge in [-0.2, -0.15) is 0 Å². The number of carbonyl (C=O) groups is 2. The van der Waals surface area contributed by atoms with Gasteiger partial charge in [0.25, 0.3) is 5.91 Å². The van der Waals surface area contributed by atoms with E-state index >= 15 is 0 Å². The zero-order chi connectivity index (χ0) is 17.5. The van der Waals surface area contributed by atoms with Crippen LogP contribution in [0.25, 0.3) is 0 Å². The molecule has 0 radical (unpaired) electrons. The highest BCUT2D eigenvalue weighted by Crippen LogP contribution is 2.20. The van der Waals surface area contributed by atoms with Crippen molar-refractivity contribution in [2.75, 3.05) is 25.0 Å². The van der Waals surface area contributed by atoms with Crippen molar-refractivity contribution in [3.05, 3.63) is 29.6 Å². The van der Waals surface area contributed by atoms with Crippen LogP contribution in [0.15, 0.2) is 18.2 Å². The minimum atomic E-state index is -0.572. The highest BCUT2D eigenvalue weighted by molar-refractivity contribution is 5.97. The Bertz CT molecular complexity index is 592. The Balaban J connectivity index is 2.06. The number of hydrogen-bond donors (Lipinski definition) is 1. The molecule has 0 unspecified atom stereocenters. The molecule has 1 atom stereocenters. The molecule has 0 saturated carbocycles. The summed E-state index contributed by atoms with van der Waals surface area (Å²) in [6.07, 6.45) is 3.66. The third kappa shape index (κ3) is 5.03. The van der Waals surface area contributed by atoms with Gasteiger partial charge in [0.2, 0.25) is 5.91 Å². The van der Waals surface area contributed by atoms with Crippen molar-refractivity contribution in [3.63, 3.8) is 0 Å². The molecule has 6 heteroatoms.